The van der Waals surface area contributed by atoms with Crippen LogP contribution in [0.15, 0.2) is 36.4 Å². The average molecular weight is 310 g/mol. The molecule has 1 heterocycles. The Kier molecular flexibility index (Phi) is 3.51. The first-order valence-corrected chi connectivity index (χ1v) is 6.64. The molecule has 0 bridgehead atoms. The molecule has 108 valence electrons. The van der Waals surface area contributed by atoms with Gasteiger partial charge in [0.2, 0.25) is 0 Å². The number of rotatable bonds is 2. The molecule has 0 saturated carbocycles. The number of amides is 1. The summed E-state index contributed by atoms with van der Waals surface area (Å²) in [5.41, 5.74) is 0.679. The highest BCUT2D eigenvalue weighted by Gasteiger charge is 2.22. The van der Waals surface area contributed by atoms with Crippen molar-refractivity contribution in [3.63, 3.8) is 0 Å². The third-order valence-electron chi connectivity index (χ3n) is 3.18. The lowest BCUT2D eigenvalue weighted by Gasteiger charge is -2.20. The Morgan fingerprint density at radius 2 is 1.90 bits per heavy atom. The molecule has 1 aliphatic rings. The molecule has 3 rings (SSSR count). The van der Waals surface area contributed by atoms with E-state index in [9.17, 15) is 13.6 Å². The van der Waals surface area contributed by atoms with Crippen molar-refractivity contribution in [3.05, 3.63) is 59.2 Å². The van der Waals surface area contributed by atoms with Crippen molar-refractivity contribution in [3.8, 4) is 5.75 Å². The van der Waals surface area contributed by atoms with Crippen molar-refractivity contribution in [2.45, 2.75) is 5.38 Å². The van der Waals surface area contributed by atoms with E-state index in [-0.39, 0.29) is 18.1 Å². The minimum Gasteiger partial charge on any atom is -0.482 e. The Balaban J connectivity index is 2.01. The van der Waals surface area contributed by atoms with E-state index >= 15 is 0 Å². The molecular weight excluding hydrogens is 300 g/mol. The fourth-order valence-electron chi connectivity index (χ4n) is 2.18. The Morgan fingerprint density at radius 1 is 1.19 bits per heavy atom. The monoisotopic (exact) mass is 309 g/mol. The van der Waals surface area contributed by atoms with Crippen LogP contribution in [0.1, 0.15) is 16.5 Å². The van der Waals surface area contributed by atoms with Gasteiger partial charge < -0.3 is 10.1 Å². The fourth-order valence-corrected chi connectivity index (χ4v) is 2.52. The van der Waals surface area contributed by atoms with Crippen LogP contribution in [0, 0.1) is 11.6 Å². The zero-order chi connectivity index (χ0) is 15.0. The van der Waals surface area contributed by atoms with Crippen LogP contribution >= 0.6 is 11.6 Å². The van der Waals surface area contributed by atoms with Crippen LogP contribution < -0.4 is 10.1 Å². The predicted octanol–water partition coefficient (Wildman–Crippen LogP) is 3.62. The summed E-state index contributed by atoms with van der Waals surface area (Å²) >= 11 is 6.19. The van der Waals surface area contributed by atoms with Crippen molar-refractivity contribution < 1.29 is 18.3 Å². The minimum atomic E-state index is -1.00. The van der Waals surface area contributed by atoms with Crippen LogP contribution in [-0.2, 0) is 4.79 Å². The number of halogens is 3. The zero-order valence-electron chi connectivity index (χ0n) is 10.7. The zero-order valence-corrected chi connectivity index (χ0v) is 11.5. The maximum absolute atomic E-state index is 13.8. The fraction of sp³-hybridized carbons (Fsp3) is 0.133. The summed E-state index contributed by atoms with van der Waals surface area (Å²) in [6.07, 6.45) is 0. The van der Waals surface area contributed by atoms with Crippen LogP contribution in [0.25, 0.3) is 0 Å². The van der Waals surface area contributed by atoms with Gasteiger partial charge in [0.25, 0.3) is 5.91 Å². The number of nitrogens with one attached hydrogen (secondary N) is 1. The number of carbonyl (C=O) groups is 1. The van der Waals surface area contributed by atoms with Gasteiger partial charge in [0.15, 0.2) is 6.61 Å². The van der Waals surface area contributed by atoms with Crippen LogP contribution in [0.5, 0.6) is 5.75 Å². The van der Waals surface area contributed by atoms with Crippen molar-refractivity contribution in [1.82, 2.24) is 0 Å². The van der Waals surface area contributed by atoms with E-state index in [4.69, 9.17) is 16.3 Å². The quantitative estimate of drug-likeness (QED) is 0.860. The first-order valence-electron chi connectivity index (χ1n) is 6.21. The van der Waals surface area contributed by atoms with Crippen molar-refractivity contribution in [1.29, 1.82) is 0 Å². The summed E-state index contributed by atoms with van der Waals surface area (Å²) in [5, 5.41) is 1.62. The molecule has 0 fully saturated rings. The Bertz CT molecular complexity index is 701. The standard InChI is InChI=1S/C15H10ClF2NO2/c16-15(14-9(17)2-1-3-10(14)18)8-4-5-12-11(6-8)19-13(20)7-21-12/h1-6,15H,7H2,(H,19,20). The van der Waals surface area contributed by atoms with Crippen LogP contribution in [0.4, 0.5) is 14.5 Å². The summed E-state index contributed by atoms with van der Waals surface area (Å²) in [4.78, 5) is 11.3. The van der Waals surface area contributed by atoms with Gasteiger partial charge in [0.1, 0.15) is 17.4 Å². The summed E-state index contributed by atoms with van der Waals surface area (Å²) < 4.78 is 32.8. The van der Waals surface area contributed by atoms with Crippen molar-refractivity contribution >= 4 is 23.2 Å². The lowest BCUT2D eigenvalue weighted by molar-refractivity contribution is -0.118. The summed E-state index contributed by atoms with van der Waals surface area (Å²) in [6, 6.07) is 8.35. The van der Waals surface area contributed by atoms with Gasteiger partial charge in [-0.2, -0.15) is 0 Å². The number of fused-ring (bicyclic) bond motifs is 1. The number of hydrogen-bond donors (Lipinski definition) is 1. The normalized spacial score (nSPS) is 14.9. The average Bonchev–Trinajstić information content (AvgIpc) is 2.46. The van der Waals surface area contributed by atoms with Gasteiger partial charge in [-0.1, -0.05) is 12.1 Å². The Morgan fingerprint density at radius 3 is 2.62 bits per heavy atom. The van der Waals surface area contributed by atoms with Crippen LogP contribution in [0.3, 0.4) is 0 Å². The van der Waals surface area contributed by atoms with E-state index < -0.39 is 17.0 Å². The van der Waals surface area contributed by atoms with Crippen molar-refractivity contribution in [2.24, 2.45) is 0 Å². The van der Waals surface area contributed by atoms with E-state index in [1.807, 2.05) is 0 Å². The topological polar surface area (TPSA) is 38.3 Å². The predicted molar refractivity (Wildman–Crippen MR) is 74.6 cm³/mol. The summed E-state index contributed by atoms with van der Waals surface area (Å²) in [7, 11) is 0. The first-order chi connectivity index (χ1) is 10.1. The molecule has 1 amide bonds. The van der Waals surface area contributed by atoms with E-state index in [0.29, 0.717) is 17.0 Å². The number of anilines is 1. The lowest BCUT2D eigenvalue weighted by atomic mass is 10.0. The van der Waals surface area contributed by atoms with E-state index in [1.54, 1.807) is 18.2 Å². The van der Waals surface area contributed by atoms with E-state index in [2.05, 4.69) is 5.32 Å². The molecule has 1 aliphatic heterocycles. The molecule has 0 radical (unpaired) electrons. The molecule has 3 nitrogen and oxygen atoms in total. The summed E-state index contributed by atoms with van der Waals surface area (Å²) in [5.74, 6) is -1.22. The second-order valence-electron chi connectivity index (χ2n) is 4.59. The number of ether oxygens (including phenoxy) is 1. The van der Waals surface area contributed by atoms with Gasteiger partial charge in [-0.15, -0.1) is 11.6 Å². The second-order valence-corrected chi connectivity index (χ2v) is 5.03. The Hall–Kier alpha value is -2.14. The van der Waals surface area contributed by atoms with Crippen LogP contribution in [-0.4, -0.2) is 12.5 Å². The van der Waals surface area contributed by atoms with Gasteiger partial charge in [0.05, 0.1) is 11.1 Å². The van der Waals surface area contributed by atoms with Gasteiger partial charge in [-0.05, 0) is 29.8 Å². The SMILES string of the molecule is O=C1COc2ccc(C(Cl)c3c(F)cccc3F)cc2N1. The third kappa shape index (κ3) is 2.56. The molecule has 21 heavy (non-hydrogen) atoms. The third-order valence-corrected chi connectivity index (χ3v) is 3.65. The van der Waals surface area contributed by atoms with Gasteiger partial charge in [-0.25, -0.2) is 8.78 Å². The molecule has 2 aromatic rings. The minimum absolute atomic E-state index is 0.0570. The molecule has 0 spiro atoms. The maximum atomic E-state index is 13.8. The lowest BCUT2D eigenvalue weighted by Crippen LogP contribution is -2.25. The highest BCUT2D eigenvalue weighted by atomic mass is 35.5. The molecule has 0 aliphatic carbocycles. The molecule has 1 atom stereocenters. The van der Waals surface area contributed by atoms with Gasteiger partial charge >= 0.3 is 0 Å². The number of hydrogen-bond acceptors (Lipinski definition) is 2. The van der Waals surface area contributed by atoms with Crippen LogP contribution in [0.2, 0.25) is 0 Å². The molecule has 1 N–H and O–H groups in total. The van der Waals surface area contributed by atoms with E-state index in [0.717, 1.165) is 12.1 Å². The first kappa shape index (κ1) is 13.8. The van der Waals surface area contributed by atoms with Gasteiger partial charge in [-0.3, -0.25) is 4.79 Å². The molecule has 6 heteroatoms. The van der Waals surface area contributed by atoms with Crippen molar-refractivity contribution in [2.75, 3.05) is 11.9 Å². The number of benzene rings is 2. The summed E-state index contributed by atoms with van der Waals surface area (Å²) in [6.45, 7) is -0.0570. The van der Waals surface area contributed by atoms with Gasteiger partial charge in [0, 0.05) is 5.56 Å². The Labute approximate surface area is 124 Å². The molecule has 2 aromatic carbocycles. The molecule has 0 saturated heterocycles. The maximum Gasteiger partial charge on any atom is 0.262 e. The largest absolute Gasteiger partial charge is 0.482 e. The highest BCUT2D eigenvalue weighted by molar-refractivity contribution is 6.22. The highest BCUT2D eigenvalue weighted by Crippen LogP contribution is 2.37. The molecule has 0 aromatic heterocycles. The van der Waals surface area contributed by atoms with E-state index in [1.165, 1.54) is 6.07 Å². The number of alkyl halides is 1. The smallest absolute Gasteiger partial charge is 0.262 e. The molecular formula is C15H10ClF2NO2. The second kappa shape index (κ2) is 5.33. The molecule has 1 unspecified atom stereocenters. The number of carbonyl (C=O) groups excluding carboxylic acids is 1.